The van der Waals surface area contributed by atoms with Gasteiger partial charge >= 0.3 is 0 Å². The van der Waals surface area contributed by atoms with Gasteiger partial charge in [-0.05, 0) is 42.0 Å². The molecule has 0 bridgehead atoms. The number of sulfonamides is 1. The van der Waals surface area contributed by atoms with Crippen molar-refractivity contribution in [1.29, 1.82) is 0 Å². The maximum absolute atomic E-state index is 13.9. The van der Waals surface area contributed by atoms with Gasteiger partial charge in [0.1, 0.15) is 18.3 Å². The molecule has 0 saturated heterocycles. The summed E-state index contributed by atoms with van der Waals surface area (Å²) in [6, 6.07) is 19.3. The zero-order chi connectivity index (χ0) is 27.7. The van der Waals surface area contributed by atoms with Crippen LogP contribution >= 0.6 is 0 Å². The van der Waals surface area contributed by atoms with Gasteiger partial charge in [-0.15, -0.1) is 0 Å². The van der Waals surface area contributed by atoms with Crippen LogP contribution in [0, 0.1) is 0 Å². The van der Waals surface area contributed by atoms with E-state index < -0.39 is 28.5 Å². The molecule has 3 aromatic carbocycles. The molecular formula is C29H37N3O5S. The van der Waals surface area contributed by atoms with Crippen molar-refractivity contribution in [2.75, 3.05) is 30.8 Å². The van der Waals surface area contributed by atoms with E-state index in [2.05, 4.69) is 5.32 Å². The van der Waals surface area contributed by atoms with Crippen molar-refractivity contribution in [2.24, 2.45) is 0 Å². The third-order valence-electron chi connectivity index (χ3n) is 6.44. The lowest BCUT2D eigenvalue weighted by Gasteiger charge is -2.33. The van der Waals surface area contributed by atoms with Gasteiger partial charge < -0.3 is 15.0 Å². The highest BCUT2D eigenvalue weighted by molar-refractivity contribution is 7.92. The van der Waals surface area contributed by atoms with Crippen molar-refractivity contribution in [3.63, 3.8) is 0 Å². The lowest BCUT2D eigenvalue weighted by Crippen LogP contribution is -2.52. The summed E-state index contributed by atoms with van der Waals surface area (Å²) in [5.41, 5.74) is 1.22. The van der Waals surface area contributed by atoms with Gasteiger partial charge in [0.25, 0.3) is 0 Å². The van der Waals surface area contributed by atoms with Crippen molar-refractivity contribution >= 4 is 38.3 Å². The lowest BCUT2D eigenvalue weighted by atomic mass is 10.1. The Bertz CT molecular complexity index is 1340. The van der Waals surface area contributed by atoms with Crippen LogP contribution in [-0.2, 0) is 26.2 Å². The maximum Gasteiger partial charge on any atom is 0.244 e. The minimum Gasteiger partial charge on any atom is -0.497 e. The molecule has 0 aromatic heterocycles. The Morgan fingerprint density at radius 1 is 0.974 bits per heavy atom. The first-order valence-electron chi connectivity index (χ1n) is 12.8. The number of hydrogen-bond acceptors (Lipinski definition) is 5. The van der Waals surface area contributed by atoms with E-state index in [0.717, 1.165) is 39.7 Å². The largest absolute Gasteiger partial charge is 0.497 e. The molecule has 3 aromatic rings. The van der Waals surface area contributed by atoms with E-state index in [4.69, 9.17) is 4.74 Å². The third kappa shape index (κ3) is 7.25. The first-order valence-corrected chi connectivity index (χ1v) is 14.7. The number of hydrogen-bond donors (Lipinski definition) is 1. The van der Waals surface area contributed by atoms with Crippen molar-refractivity contribution in [2.45, 2.75) is 45.7 Å². The maximum atomic E-state index is 13.9. The van der Waals surface area contributed by atoms with E-state index in [1.54, 1.807) is 31.4 Å². The van der Waals surface area contributed by atoms with Gasteiger partial charge in [0.15, 0.2) is 0 Å². The van der Waals surface area contributed by atoms with Crippen molar-refractivity contribution < 1.29 is 22.7 Å². The van der Waals surface area contributed by atoms with E-state index in [9.17, 15) is 18.0 Å². The summed E-state index contributed by atoms with van der Waals surface area (Å²) in [6.07, 6.45) is 3.23. The molecule has 0 saturated carbocycles. The number of nitrogens with zero attached hydrogens (tertiary/aromatic N) is 2. The number of benzene rings is 3. The lowest BCUT2D eigenvalue weighted by molar-refractivity contribution is -0.140. The topological polar surface area (TPSA) is 96.0 Å². The van der Waals surface area contributed by atoms with Crippen molar-refractivity contribution in [3.05, 3.63) is 72.3 Å². The normalized spacial score (nSPS) is 12.1. The Kier molecular flexibility index (Phi) is 10.1. The summed E-state index contributed by atoms with van der Waals surface area (Å²) in [7, 11) is -2.25. The molecule has 9 heteroatoms. The Labute approximate surface area is 225 Å². The van der Waals surface area contributed by atoms with Crippen LogP contribution in [0.25, 0.3) is 10.8 Å². The van der Waals surface area contributed by atoms with Crippen LogP contribution in [0.1, 0.15) is 38.7 Å². The second-order valence-corrected chi connectivity index (χ2v) is 11.1. The van der Waals surface area contributed by atoms with Crippen LogP contribution in [0.3, 0.4) is 0 Å². The highest BCUT2D eigenvalue weighted by Gasteiger charge is 2.32. The Hall–Kier alpha value is -3.59. The van der Waals surface area contributed by atoms with Gasteiger partial charge in [-0.2, -0.15) is 0 Å². The fourth-order valence-corrected chi connectivity index (χ4v) is 5.24. The number of anilines is 1. The van der Waals surface area contributed by atoms with Crippen LogP contribution in [-0.4, -0.2) is 57.6 Å². The minimum absolute atomic E-state index is 0.148. The third-order valence-corrected chi connectivity index (χ3v) is 7.57. The number of nitrogens with one attached hydrogen (secondary N) is 1. The summed E-state index contributed by atoms with van der Waals surface area (Å²) < 4.78 is 32.3. The number of carbonyl (C=O) groups excluding carboxylic acids is 2. The molecule has 1 atom stereocenters. The van der Waals surface area contributed by atoms with Gasteiger partial charge in [0.2, 0.25) is 21.8 Å². The molecular weight excluding hydrogens is 502 g/mol. The SMILES string of the molecule is CCCCNC(=O)[C@@H](CC)N(Cc1ccc(OC)cc1)C(=O)CN(c1cccc2ccccc12)S(C)(=O)=O. The molecule has 0 radical (unpaired) electrons. The molecule has 0 heterocycles. The van der Waals surface area contributed by atoms with Crippen LogP contribution in [0.4, 0.5) is 5.69 Å². The van der Waals surface area contributed by atoms with E-state index in [1.807, 2.05) is 56.3 Å². The van der Waals surface area contributed by atoms with E-state index in [1.165, 1.54) is 4.90 Å². The van der Waals surface area contributed by atoms with Gasteiger partial charge in [0.05, 0.1) is 19.1 Å². The van der Waals surface area contributed by atoms with Crippen molar-refractivity contribution in [3.8, 4) is 5.75 Å². The van der Waals surface area contributed by atoms with Crippen LogP contribution in [0.2, 0.25) is 0 Å². The molecule has 8 nitrogen and oxygen atoms in total. The highest BCUT2D eigenvalue weighted by atomic mass is 32.2. The smallest absolute Gasteiger partial charge is 0.244 e. The summed E-state index contributed by atoms with van der Waals surface area (Å²) in [5, 5.41) is 4.51. The van der Waals surface area contributed by atoms with E-state index in [0.29, 0.717) is 24.4 Å². The predicted octanol–water partition coefficient (Wildman–Crippen LogP) is 4.34. The molecule has 2 amide bonds. The summed E-state index contributed by atoms with van der Waals surface area (Å²) in [5.74, 6) is -0.0364. The molecule has 0 aliphatic rings. The summed E-state index contributed by atoms with van der Waals surface area (Å²) >= 11 is 0. The molecule has 204 valence electrons. The second kappa shape index (κ2) is 13.3. The quantitative estimate of drug-likeness (QED) is 0.326. The first kappa shape index (κ1) is 29.0. The molecule has 0 unspecified atom stereocenters. The van der Waals surface area contributed by atoms with Crippen LogP contribution < -0.4 is 14.4 Å². The molecule has 3 rings (SSSR count). The minimum atomic E-state index is -3.82. The number of rotatable bonds is 13. The zero-order valence-corrected chi connectivity index (χ0v) is 23.3. The van der Waals surface area contributed by atoms with E-state index >= 15 is 0 Å². The van der Waals surface area contributed by atoms with Crippen molar-refractivity contribution in [1.82, 2.24) is 10.2 Å². The zero-order valence-electron chi connectivity index (χ0n) is 22.5. The fourth-order valence-electron chi connectivity index (χ4n) is 4.37. The highest BCUT2D eigenvalue weighted by Crippen LogP contribution is 2.29. The van der Waals surface area contributed by atoms with E-state index in [-0.39, 0.29) is 12.5 Å². The molecule has 1 N–H and O–H groups in total. The molecule has 0 spiro atoms. The monoisotopic (exact) mass is 539 g/mol. The number of methoxy groups -OCH3 is 1. The Morgan fingerprint density at radius 3 is 2.29 bits per heavy atom. The van der Waals surface area contributed by atoms with Crippen LogP contribution in [0.5, 0.6) is 5.75 Å². The average molecular weight is 540 g/mol. The molecule has 0 aliphatic carbocycles. The van der Waals surface area contributed by atoms with Gasteiger partial charge in [-0.1, -0.05) is 68.8 Å². The van der Waals surface area contributed by atoms with Crippen LogP contribution in [0.15, 0.2) is 66.7 Å². The Morgan fingerprint density at radius 2 is 1.66 bits per heavy atom. The van der Waals surface area contributed by atoms with Gasteiger partial charge in [-0.3, -0.25) is 13.9 Å². The second-order valence-electron chi connectivity index (χ2n) is 9.21. The molecule has 0 aliphatic heterocycles. The number of amides is 2. The first-order chi connectivity index (χ1) is 18.2. The summed E-state index contributed by atoms with van der Waals surface area (Å²) in [6.45, 7) is 4.12. The average Bonchev–Trinajstić information content (AvgIpc) is 2.91. The number of ether oxygens (including phenoxy) is 1. The molecule has 38 heavy (non-hydrogen) atoms. The fraction of sp³-hybridized carbons (Fsp3) is 0.379. The standard InChI is InChI=1S/C29H37N3O5S/c1-5-7-19-30-29(34)26(6-2)31(20-22-15-17-24(37-3)18-16-22)28(33)21-32(38(4,35)36)27-14-10-12-23-11-8-9-13-25(23)27/h8-18,26H,5-7,19-21H2,1-4H3,(H,30,34)/t26-/m1/s1. The Balaban J connectivity index is 1.98. The number of fused-ring (bicyclic) bond motifs is 1. The predicted molar refractivity (Wildman–Crippen MR) is 152 cm³/mol. The summed E-state index contributed by atoms with van der Waals surface area (Å²) in [4.78, 5) is 28.5. The van der Waals surface area contributed by atoms with Gasteiger partial charge in [0, 0.05) is 18.5 Å². The van der Waals surface area contributed by atoms with Gasteiger partial charge in [-0.25, -0.2) is 8.42 Å². The number of carbonyl (C=O) groups is 2. The number of unbranched alkanes of at least 4 members (excludes halogenated alkanes) is 1. The molecule has 0 fully saturated rings.